The van der Waals surface area contributed by atoms with Crippen LogP contribution in [0.2, 0.25) is 0 Å². The molecule has 0 amide bonds. The molecule has 0 radical (unpaired) electrons. The van der Waals surface area contributed by atoms with Gasteiger partial charge in [-0.2, -0.15) is 0 Å². The molecule has 0 heterocycles. The first-order valence-corrected chi connectivity index (χ1v) is 7.52. The number of rotatable bonds is 9. The lowest BCUT2D eigenvalue weighted by Crippen LogP contribution is -2.31. The predicted octanol–water partition coefficient (Wildman–Crippen LogP) is 4.04. The number of methoxy groups -OCH3 is 1. The van der Waals surface area contributed by atoms with Gasteiger partial charge in [-0.05, 0) is 36.9 Å². The summed E-state index contributed by atoms with van der Waals surface area (Å²) in [4.78, 5) is 0. The molecule has 0 aliphatic rings. The van der Waals surface area contributed by atoms with E-state index in [0.717, 1.165) is 24.6 Å². The second-order valence-electron chi connectivity index (χ2n) is 5.60. The number of benzene rings is 1. The Morgan fingerprint density at radius 3 is 2.53 bits per heavy atom. The van der Waals surface area contributed by atoms with Crippen LogP contribution < -0.4 is 10.1 Å². The highest BCUT2D eigenvalue weighted by Crippen LogP contribution is 2.20. The SMILES string of the molecule is CCNC(CCCC(C)C)Cc1ccccc1OC. The normalized spacial score (nSPS) is 12.7. The van der Waals surface area contributed by atoms with Crippen molar-refractivity contribution in [1.82, 2.24) is 5.32 Å². The molecule has 0 fully saturated rings. The zero-order valence-corrected chi connectivity index (χ0v) is 12.9. The minimum Gasteiger partial charge on any atom is -0.496 e. The summed E-state index contributed by atoms with van der Waals surface area (Å²) in [6.45, 7) is 7.80. The van der Waals surface area contributed by atoms with Gasteiger partial charge in [0.15, 0.2) is 0 Å². The quantitative estimate of drug-likeness (QED) is 0.726. The van der Waals surface area contributed by atoms with Gasteiger partial charge in [-0.1, -0.05) is 51.8 Å². The Morgan fingerprint density at radius 2 is 1.89 bits per heavy atom. The zero-order valence-electron chi connectivity index (χ0n) is 12.9. The van der Waals surface area contributed by atoms with E-state index in [0.29, 0.717) is 6.04 Å². The van der Waals surface area contributed by atoms with Gasteiger partial charge >= 0.3 is 0 Å². The maximum atomic E-state index is 5.44. The third-order valence-corrected chi connectivity index (χ3v) is 3.49. The molecule has 0 bridgehead atoms. The smallest absolute Gasteiger partial charge is 0.122 e. The first kappa shape index (κ1) is 16.0. The van der Waals surface area contributed by atoms with Crippen molar-refractivity contribution in [3.63, 3.8) is 0 Å². The Balaban J connectivity index is 2.56. The van der Waals surface area contributed by atoms with Crippen LogP contribution in [-0.2, 0) is 6.42 Å². The summed E-state index contributed by atoms with van der Waals surface area (Å²) in [7, 11) is 1.75. The Morgan fingerprint density at radius 1 is 1.16 bits per heavy atom. The fourth-order valence-corrected chi connectivity index (χ4v) is 2.47. The minimum atomic E-state index is 0.556. The van der Waals surface area contributed by atoms with Crippen molar-refractivity contribution < 1.29 is 4.74 Å². The Hall–Kier alpha value is -1.02. The van der Waals surface area contributed by atoms with E-state index < -0.39 is 0 Å². The third-order valence-electron chi connectivity index (χ3n) is 3.49. The molecular weight excluding hydrogens is 234 g/mol. The molecule has 1 rings (SSSR count). The summed E-state index contributed by atoms with van der Waals surface area (Å²) in [6, 6.07) is 8.90. The zero-order chi connectivity index (χ0) is 14.1. The van der Waals surface area contributed by atoms with Crippen molar-refractivity contribution in [2.45, 2.75) is 52.5 Å². The highest BCUT2D eigenvalue weighted by molar-refractivity contribution is 5.33. The second-order valence-corrected chi connectivity index (χ2v) is 5.60. The van der Waals surface area contributed by atoms with Gasteiger partial charge in [-0.15, -0.1) is 0 Å². The molecular formula is C17H29NO. The van der Waals surface area contributed by atoms with Crippen LogP contribution in [0.3, 0.4) is 0 Å². The Kier molecular flexibility index (Phi) is 7.57. The van der Waals surface area contributed by atoms with Crippen LogP contribution >= 0.6 is 0 Å². The lowest BCUT2D eigenvalue weighted by atomic mass is 9.97. The largest absolute Gasteiger partial charge is 0.496 e. The molecule has 108 valence electrons. The second kappa shape index (κ2) is 8.98. The van der Waals surface area contributed by atoms with Gasteiger partial charge in [-0.25, -0.2) is 0 Å². The molecule has 1 N–H and O–H groups in total. The van der Waals surface area contributed by atoms with E-state index in [2.05, 4.69) is 38.2 Å². The molecule has 1 atom stereocenters. The third kappa shape index (κ3) is 6.11. The fraction of sp³-hybridized carbons (Fsp3) is 0.647. The number of hydrogen-bond acceptors (Lipinski definition) is 2. The average Bonchev–Trinajstić information content (AvgIpc) is 2.39. The topological polar surface area (TPSA) is 21.3 Å². The van der Waals surface area contributed by atoms with Crippen LogP contribution in [0.4, 0.5) is 0 Å². The molecule has 0 spiro atoms. The van der Waals surface area contributed by atoms with E-state index in [-0.39, 0.29) is 0 Å². The van der Waals surface area contributed by atoms with E-state index in [1.165, 1.54) is 24.8 Å². The molecule has 2 nitrogen and oxygen atoms in total. The van der Waals surface area contributed by atoms with Crippen LogP contribution in [0, 0.1) is 5.92 Å². The van der Waals surface area contributed by atoms with Crippen LogP contribution in [0.1, 0.15) is 45.6 Å². The molecule has 0 saturated carbocycles. The van der Waals surface area contributed by atoms with Crippen molar-refractivity contribution in [3.05, 3.63) is 29.8 Å². The molecule has 0 aliphatic carbocycles. The molecule has 1 aromatic carbocycles. The van der Waals surface area contributed by atoms with Crippen LogP contribution in [-0.4, -0.2) is 19.7 Å². The van der Waals surface area contributed by atoms with Crippen LogP contribution in [0.5, 0.6) is 5.75 Å². The standard InChI is InChI=1S/C17H29NO/c1-5-18-16(11-8-9-14(2)3)13-15-10-6-7-12-17(15)19-4/h6-7,10,12,14,16,18H,5,8-9,11,13H2,1-4H3. The number of para-hydroxylation sites is 1. The van der Waals surface area contributed by atoms with Crippen molar-refractivity contribution in [2.75, 3.05) is 13.7 Å². The van der Waals surface area contributed by atoms with E-state index in [9.17, 15) is 0 Å². The van der Waals surface area contributed by atoms with E-state index >= 15 is 0 Å². The van der Waals surface area contributed by atoms with Crippen molar-refractivity contribution in [3.8, 4) is 5.75 Å². The van der Waals surface area contributed by atoms with Crippen LogP contribution in [0.15, 0.2) is 24.3 Å². The molecule has 1 unspecified atom stereocenters. The number of likely N-dealkylation sites (N-methyl/N-ethyl adjacent to an activating group) is 1. The summed E-state index contributed by atoms with van der Waals surface area (Å²) in [5, 5.41) is 3.60. The lowest BCUT2D eigenvalue weighted by molar-refractivity contribution is 0.399. The van der Waals surface area contributed by atoms with Gasteiger partial charge < -0.3 is 10.1 Å². The minimum absolute atomic E-state index is 0.556. The Labute approximate surface area is 118 Å². The number of hydrogen-bond donors (Lipinski definition) is 1. The summed E-state index contributed by atoms with van der Waals surface area (Å²) < 4.78 is 5.44. The molecule has 0 saturated heterocycles. The van der Waals surface area contributed by atoms with E-state index in [4.69, 9.17) is 4.74 Å². The highest BCUT2D eigenvalue weighted by Gasteiger charge is 2.11. The van der Waals surface area contributed by atoms with Gasteiger partial charge in [0, 0.05) is 6.04 Å². The van der Waals surface area contributed by atoms with Gasteiger partial charge in [0.2, 0.25) is 0 Å². The fourth-order valence-electron chi connectivity index (χ4n) is 2.47. The first-order chi connectivity index (χ1) is 9.17. The van der Waals surface area contributed by atoms with Gasteiger partial charge in [0.25, 0.3) is 0 Å². The summed E-state index contributed by atoms with van der Waals surface area (Å²) in [5.74, 6) is 1.81. The average molecular weight is 263 g/mol. The highest BCUT2D eigenvalue weighted by atomic mass is 16.5. The van der Waals surface area contributed by atoms with Crippen LogP contribution in [0.25, 0.3) is 0 Å². The van der Waals surface area contributed by atoms with E-state index in [1.54, 1.807) is 7.11 Å². The molecule has 19 heavy (non-hydrogen) atoms. The number of ether oxygens (including phenoxy) is 1. The maximum absolute atomic E-state index is 5.44. The summed E-state index contributed by atoms with van der Waals surface area (Å²) in [5.41, 5.74) is 1.31. The monoisotopic (exact) mass is 263 g/mol. The van der Waals surface area contributed by atoms with E-state index in [1.807, 2.05) is 12.1 Å². The van der Waals surface area contributed by atoms with Gasteiger partial charge in [-0.3, -0.25) is 0 Å². The lowest BCUT2D eigenvalue weighted by Gasteiger charge is -2.19. The first-order valence-electron chi connectivity index (χ1n) is 7.52. The molecule has 0 aromatic heterocycles. The van der Waals surface area contributed by atoms with Crippen molar-refractivity contribution >= 4 is 0 Å². The van der Waals surface area contributed by atoms with Crippen molar-refractivity contribution in [2.24, 2.45) is 5.92 Å². The molecule has 0 aliphatic heterocycles. The maximum Gasteiger partial charge on any atom is 0.122 e. The summed E-state index contributed by atoms with van der Waals surface area (Å²) in [6.07, 6.45) is 4.90. The van der Waals surface area contributed by atoms with Crippen molar-refractivity contribution in [1.29, 1.82) is 0 Å². The van der Waals surface area contributed by atoms with Gasteiger partial charge in [0.05, 0.1) is 7.11 Å². The Bertz CT molecular complexity index is 349. The number of nitrogens with one attached hydrogen (secondary N) is 1. The molecule has 2 heteroatoms. The van der Waals surface area contributed by atoms with Gasteiger partial charge in [0.1, 0.15) is 5.75 Å². The summed E-state index contributed by atoms with van der Waals surface area (Å²) >= 11 is 0. The predicted molar refractivity (Wildman–Crippen MR) is 82.9 cm³/mol. The molecule has 1 aromatic rings.